The molecule has 0 amide bonds. The van der Waals surface area contributed by atoms with Crippen molar-refractivity contribution in [3.05, 3.63) is 0 Å². The number of unbranched alkanes of at least 4 members (excludes halogenated alkanes) is 12. The average Bonchev–Trinajstić information content (AvgIpc) is 2.34. The first-order valence-electron chi connectivity index (χ1n) is 7.99. The fraction of sp³-hybridized carbons (Fsp3) is 0.938. The molecule has 0 radical (unpaired) electrons. The van der Waals surface area contributed by atoms with Crippen LogP contribution < -0.4 is 0 Å². The molecule has 18 heavy (non-hydrogen) atoms. The molecule has 1 N–H and O–H groups in total. The molecule has 0 saturated carbocycles. The molecule has 0 aromatic heterocycles. The zero-order valence-corrected chi connectivity index (χ0v) is 12.3. The molecule has 2 heteroatoms. The van der Waals surface area contributed by atoms with Gasteiger partial charge in [0.15, 0.2) is 0 Å². The Labute approximate surface area is 113 Å². The van der Waals surface area contributed by atoms with E-state index >= 15 is 0 Å². The Morgan fingerprint density at radius 2 is 1.00 bits per heavy atom. The van der Waals surface area contributed by atoms with Crippen molar-refractivity contribution in [2.24, 2.45) is 0 Å². The molecule has 0 heterocycles. The van der Waals surface area contributed by atoms with Crippen molar-refractivity contribution in [1.82, 2.24) is 0 Å². The van der Waals surface area contributed by atoms with Crippen molar-refractivity contribution in [2.75, 3.05) is 0 Å². The molecule has 0 rings (SSSR count). The van der Waals surface area contributed by atoms with Crippen molar-refractivity contribution >= 4 is 5.97 Å². The third kappa shape index (κ3) is 15.5. The van der Waals surface area contributed by atoms with Crippen LogP contribution in [0.2, 0.25) is 0 Å². The lowest BCUT2D eigenvalue weighted by atomic mass is 12.0. The van der Waals surface area contributed by atoms with Gasteiger partial charge in [0.1, 0.15) is 0 Å². The molecule has 0 bridgehead atoms. The highest BCUT2D eigenvalue weighted by Crippen LogP contribution is 2.12. The molecular formula is C16H32O2. The highest BCUT2D eigenvalue weighted by atomic mass is 16.7. The first-order valence-corrected chi connectivity index (χ1v) is 7.99. The Balaban J connectivity index is 2.92. The number of hydrogen-bond donors (Lipinski definition) is 1. The average molecular weight is 288 g/mol. The lowest BCUT2D eigenvalue weighted by Gasteiger charge is -2.02. The normalized spacial score (nSPS) is 10.7. The maximum atomic E-state index is 10.3. The molecule has 0 aliphatic rings. The van der Waals surface area contributed by atoms with Gasteiger partial charge in [-0.2, -0.15) is 0 Å². The summed E-state index contributed by atoms with van der Waals surface area (Å²) in [4.78, 5) is 10.3. The summed E-state index contributed by atoms with van der Waals surface area (Å²) in [5, 5.41) is 8.49. The van der Waals surface area contributed by atoms with Crippen LogP contribution in [-0.2, 0) is 4.79 Å². The summed E-state index contributed by atoms with van der Waals surface area (Å²) in [6, 6.07) is 0. The molecular weight excluding hydrogens is 256 g/mol. The van der Waals surface area contributed by atoms with Crippen LogP contribution in [0.3, 0.4) is 0 Å². The Hall–Kier alpha value is -0.530. The zero-order valence-electron chi connectivity index (χ0n) is 12.3. The van der Waals surface area contributed by atoms with Crippen LogP contribution in [0.1, 0.15) is 96.8 Å². The highest BCUT2D eigenvalue weighted by Gasteiger charge is 1.96. The Morgan fingerprint density at radius 1 is 0.667 bits per heavy atom. The van der Waals surface area contributed by atoms with E-state index in [1.807, 2.05) is 0 Å². The van der Waals surface area contributed by atoms with Gasteiger partial charge in [-0.1, -0.05) is 84.0 Å². The van der Waals surface area contributed by atoms with Crippen LogP contribution in [0, 0.1) is 0 Å². The SMILES string of the molecule is [14CH3][14CH2][14CH2][14CH2][14CH2][14CH2][14CH2][14CH2][14CH2][14CH2][14CH2][14CH2][14CH2][14CH2][14CH2][14C](=O)O. The van der Waals surface area contributed by atoms with Gasteiger partial charge in [-0.15, -0.1) is 0 Å². The number of carboxylic acid groups (broad SMARTS) is 1. The van der Waals surface area contributed by atoms with Crippen LogP contribution in [-0.4, -0.2) is 11.1 Å². The van der Waals surface area contributed by atoms with Gasteiger partial charge in [-0.3, -0.25) is 4.79 Å². The molecule has 0 saturated heterocycles. The van der Waals surface area contributed by atoms with Crippen molar-refractivity contribution in [3.8, 4) is 0 Å². The maximum absolute atomic E-state index is 10.3. The molecule has 108 valence electrons. The summed E-state index contributed by atoms with van der Waals surface area (Å²) in [6.07, 6.45) is 17.3. The van der Waals surface area contributed by atoms with Crippen LogP contribution >= 0.6 is 0 Å². The quantitative estimate of drug-likeness (QED) is 0.425. The van der Waals surface area contributed by atoms with Crippen LogP contribution in [0.25, 0.3) is 0 Å². The summed E-state index contributed by atoms with van der Waals surface area (Å²) < 4.78 is 0. The van der Waals surface area contributed by atoms with Gasteiger partial charge in [-0.25, -0.2) is 0 Å². The van der Waals surface area contributed by atoms with E-state index in [1.165, 1.54) is 70.6 Å². The van der Waals surface area contributed by atoms with Crippen molar-refractivity contribution in [2.45, 2.75) is 96.8 Å². The van der Waals surface area contributed by atoms with Gasteiger partial charge >= 0.3 is 5.97 Å². The van der Waals surface area contributed by atoms with Gasteiger partial charge in [-0.05, 0) is 6.42 Å². The Kier molecular flexibility index (Phi) is 14.1. The molecule has 0 aromatic carbocycles. The molecule has 2 nitrogen and oxygen atoms in total. The number of hydrogen-bond acceptors (Lipinski definition) is 1. The number of carboxylic acids is 1. The smallest absolute Gasteiger partial charge is 0.303 e. The van der Waals surface area contributed by atoms with Gasteiger partial charge < -0.3 is 5.11 Å². The van der Waals surface area contributed by atoms with Crippen molar-refractivity contribution in [1.29, 1.82) is 0 Å². The third-order valence-corrected chi connectivity index (χ3v) is 3.49. The van der Waals surface area contributed by atoms with E-state index in [0.29, 0.717) is 6.42 Å². The Bertz CT molecular complexity index is 178. The van der Waals surface area contributed by atoms with E-state index in [4.69, 9.17) is 5.11 Å². The summed E-state index contributed by atoms with van der Waals surface area (Å²) in [5.41, 5.74) is 0. The Morgan fingerprint density at radius 3 is 1.33 bits per heavy atom. The van der Waals surface area contributed by atoms with E-state index in [9.17, 15) is 4.79 Å². The largest absolute Gasteiger partial charge is 0.481 e. The molecule has 0 aromatic rings. The summed E-state index contributed by atoms with van der Waals surface area (Å²) in [7, 11) is 0. The van der Waals surface area contributed by atoms with E-state index < -0.39 is 5.97 Å². The molecule has 0 aliphatic heterocycles. The lowest BCUT2D eigenvalue weighted by Crippen LogP contribution is -1.93. The van der Waals surface area contributed by atoms with Gasteiger partial charge in [0.25, 0.3) is 0 Å². The van der Waals surface area contributed by atoms with Gasteiger partial charge in [0.05, 0.1) is 0 Å². The summed E-state index contributed by atoms with van der Waals surface area (Å²) >= 11 is 0. The van der Waals surface area contributed by atoms with Gasteiger partial charge in [0.2, 0.25) is 0 Å². The van der Waals surface area contributed by atoms with E-state index in [-0.39, 0.29) is 0 Å². The standard InChI is InChI=1S/C16H32O2/c1-2-3-4-5-6-7-8-9-10-11-12-13-14-15-16(17)18/h2-15H2,1H3,(H,17,18)/i1+2,2+2,3+2,4+2,5+2,6+2,7+2,8+2,9+2,10+2,11+2,12+2,13+2,14+2,15+2,16+2. The van der Waals surface area contributed by atoms with Crippen LogP contribution in [0.5, 0.6) is 0 Å². The van der Waals surface area contributed by atoms with Crippen LogP contribution in [0.4, 0.5) is 0 Å². The minimum atomic E-state index is -0.655. The maximum Gasteiger partial charge on any atom is 0.303 e. The van der Waals surface area contributed by atoms with Crippen molar-refractivity contribution in [3.63, 3.8) is 0 Å². The van der Waals surface area contributed by atoms with E-state index in [1.54, 1.807) is 0 Å². The predicted octanol–water partition coefficient (Wildman–Crippen LogP) is 5.55. The van der Waals surface area contributed by atoms with E-state index in [2.05, 4.69) is 6.92 Å². The zero-order chi connectivity index (χ0) is 13.5. The van der Waals surface area contributed by atoms with E-state index in [0.717, 1.165) is 12.8 Å². The molecule has 0 fully saturated rings. The summed E-state index contributed by atoms with van der Waals surface area (Å²) in [6.45, 7) is 2.26. The molecule has 0 spiro atoms. The monoisotopic (exact) mass is 288 g/mol. The fourth-order valence-electron chi connectivity index (χ4n) is 2.29. The number of carbonyl (C=O) groups is 1. The first kappa shape index (κ1) is 17.5. The molecule has 0 unspecified atom stereocenters. The molecule has 0 aliphatic carbocycles. The van der Waals surface area contributed by atoms with Gasteiger partial charge in [0, 0.05) is 6.42 Å². The summed E-state index contributed by atoms with van der Waals surface area (Å²) in [5.74, 6) is -0.655. The number of aliphatic carboxylic acids is 1. The van der Waals surface area contributed by atoms with Crippen LogP contribution in [0.15, 0.2) is 0 Å². The molecule has 0 atom stereocenters. The minimum Gasteiger partial charge on any atom is -0.481 e. The third-order valence-electron chi connectivity index (χ3n) is 3.49. The fourth-order valence-corrected chi connectivity index (χ4v) is 2.29. The second-order valence-electron chi connectivity index (χ2n) is 5.39. The number of rotatable bonds is 14. The lowest BCUT2D eigenvalue weighted by molar-refractivity contribution is -0.137. The second-order valence-corrected chi connectivity index (χ2v) is 5.39. The minimum absolute atomic E-state index is 0.345. The topological polar surface area (TPSA) is 37.3 Å². The van der Waals surface area contributed by atoms with Crippen molar-refractivity contribution < 1.29 is 9.90 Å². The highest BCUT2D eigenvalue weighted by molar-refractivity contribution is 5.66. The second kappa shape index (κ2) is 14.5. The predicted molar refractivity (Wildman–Crippen MR) is 77.9 cm³/mol. The first-order chi connectivity index (χ1) is 8.77.